The third kappa shape index (κ3) is 4.04. The van der Waals surface area contributed by atoms with E-state index in [2.05, 4.69) is 15.3 Å². The largest absolute Gasteiger partial charge is 0.493 e. The van der Waals surface area contributed by atoms with Crippen LogP contribution in [0, 0.1) is 13.8 Å². The number of ether oxygens (including phenoxy) is 1. The average molecular weight is 430 g/mol. The number of carbonyl (C=O) groups excluding carboxylic acids is 1. The van der Waals surface area contributed by atoms with Crippen LogP contribution in [0.3, 0.4) is 0 Å². The van der Waals surface area contributed by atoms with Crippen molar-refractivity contribution in [3.63, 3.8) is 0 Å². The number of hydrogen-bond acceptors (Lipinski definition) is 6. The molecule has 3 heterocycles. The standard InChI is InChI=1S/C21H23N3O3S2/c1-11-12(2)29-21-18(11)20(26)23-17(24-21)10-28-13(3)19(25)22-15-8-9-27-16-7-5-4-6-14(15)16/h4-7,13,15H,8-10H2,1-3H3,(H,22,25)(H,23,24,26). The highest BCUT2D eigenvalue weighted by atomic mass is 32.2. The lowest BCUT2D eigenvalue weighted by Gasteiger charge is -2.27. The van der Waals surface area contributed by atoms with Gasteiger partial charge in [0, 0.05) is 16.9 Å². The normalized spacial score (nSPS) is 16.9. The Balaban J connectivity index is 1.41. The highest BCUT2D eigenvalue weighted by Crippen LogP contribution is 2.32. The van der Waals surface area contributed by atoms with Crippen LogP contribution < -0.4 is 15.6 Å². The van der Waals surface area contributed by atoms with Crippen molar-refractivity contribution in [3.8, 4) is 5.75 Å². The molecular formula is C21H23N3O3S2. The average Bonchev–Trinajstić information content (AvgIpc) is 3.00. The van der Waals surface area contributed by atoms with Gasteiger partial charge in [-0.15, -0.1) is 23.1 Å². The van der Waals surface area contributed by atoms with Crippen LogP contribution in [0.1, 0.15) is 41.2 Å². The van der Waals surface area contributed by atoms with Gasteiger partial charge in [0.05, 0.1) is 29.0 Å². The van der Waals surface area contributed by atoms with Crippen LogP contribution in [0.5, 0.6) is 5.75 Å². The number of rotatable bonds is 5. The summed E-state index contributed by atoms with van der Waals surface area (Å²) in [6.45, 7) is 6.41. The van der Waals surface area contributed by atoms with Gasteiger partial charge in [-0.3, -0.25) is 9.59 Å². The van der Waals surface area contributed by atoms with E-state index in [0.29, 0.717) is 23.6 Å². The zero-order chi connectivity index (χ0) is 20.5. The highest BCUT2D eigenvalue weighted by Gasteiger charge is 2.25. The molecule has 0 aliphatic carbocycles. The van der Waals surface area contributed by atoms with Gasteiger partial charge >= 0.3 is 0 Å². The summed E-state index contributed by atoms with van der Waals surface area (Å²) < 4.78 is 5.66. The number of thiophene rings is 1. The van der Waals surface area contributed by atoms with Gasteiger partial charge < -0.3 is 15.0 Å². The molecule has 1 aliphatic rings. The Bertz CT molecular complexity index is 1120. The third-order valence-electron chi connectivity index (χ3n) is 5.20. The summed E-state index contributed by atoms with van der Waals surface area (Å²) in [6.07, 6.45) is 0.753. The zero-order valence-electron chi connectivity index (χ0n) is 16.6. The van der Waals surface area contributed by atoms with Crippen molar-refractivity contribution in [2.45, 2.75) is 44.2 Å². The first-order valence-electron chi connectivity index (χ1n) is 9.56. The van der Waals surface area contributed by atoms with E-state index in [1.165, 1.54) is 23.1 Å². The molecule has 2 unspecified atom stereocenters. The van der Waals surface area contributed by atoms with Crippen molar-refractivity contribution in [1.82, 2.24) is 15.3 Å². The smallest absolute Gasteiger partial charge is 0.259 e. The van der Waals surface area contributed by atoms with Gasteiger partial charge in [-0.25, -0.2) is 4.98 Å². The summed E-state index contributed by atoms with van der Waals surface area (Å²) in [7, 11) is 0. The van der Waals surface area contributed by atoms with E-state index in [9.17, 15) is 9.59 Å². The fraction of sp³-hybridized carbons (Fsp3) is 0.381. The number of fused-ring (bicyclic) bond motifs is 2. The maximum Gasteiger partial charge on any atom is 0.259 e. The van der Waals surface area contributed by atoms with E-state index in [-0.39, 0.29) is 22.8 Å². The Labute approximate surface area is 177 Å². The van der Waals surface area contributed by atoms with Gasteiger partial charge in [0.15, 0.2) is 0 Å². The second-order valence-electron chi connectivity index (χ2n) is 7.17. The van der Waals surface area contributed by atoms with Crippen LogP contribution in [-0.2, 0) is 10.5 Å². The Morgan fingerprint density at radius 2 is 2.21 bits per heavy atom. The third-order valence-corrected chi connectivity index (χ3v) is 7.46. The zero-order valence-corrected chi connectivity index (χ0v) is 18.2. The molecule has 0 spiro atoms. The minimum absolute atomic E-state index is 0.0251. The highest BCUT2D eigenvalue weighted by molar-refractivity contribution is 7.99. The summed E-state index contributed by atoms with van der Waals surface area (Å²) in [5.41, 5.74) is 1.90. The second-order valence-corrected chi connectivity index (χ2v) is 9.70. The van der Waals surface area contributed by atoms with Crippen molar-refractivity contribution in [1.29, 1.82) is 0 Å². The maximum atomic E-state index is 12.7. The number of benzene rings is 1. The molecule has 1 amide bonds. The molecule has 2 aromatic heterocycles. The molecule has 4 rings (SSSR count). The number of thioether (sulfide) groups is 1. The summed E-state index contributed by atoms with van der Waals surface area (Å²) in [4.78, 5) is 34.4. The van der Waals surface area contributed by atoms with Crippen molar-refractivity contribution in [3.05, 3.63) is 56.4 Å². The minimum Gasteiger partial charge on any atom is -0.493 e. The monoisotopic (exact) mass is 429 g/mol. The Hall–Kier alpha value is -2.32. The first kappa shape index (κ1) is 20.0. The molecule has 0 radical (unpaired) electrons. The molecule has 0 fully saturated rings. The molecule has 2 N–H and O–H groups in total. The number of amides is 1. The number of hydrogen-bond donors (Lipinski definition) is 2. The minimum atomic E-state index is -0.266. The van der Waals surface area contributed by atoms with Gasteiger partial charge in [0.2, 0.25) is 5.91 Å². The fourth-order valence-electron chi connectivity index (χ4n) is 3.43. The molecule has 1 aliphatic heterocycles. The van der Waals surface area contributed by atoms with E-state index in [0.717, 1.165) is 33.0 Å². The number of aromatic nitrogens is 2. The van der Waals surface area contributed by atoms with Crippen molar-refractivity contribution >= 4 is 39.2 Å². The first-order chi connectivity index (χ1) is 13.9. The van der Waals surface area contributed by atoms with Gasteiger partial charge in [0.25, 0.3) is 5.56 Å². The lowest BCUT2D eigenvalue weighted by molar-refractivity contribution is -0.121. The summed E-state index contributed by atoms with van der Waals surface area (Å²) in [5, 5.41) is 3.54. The Morgan fingerprint density at radius 3 is 3.03 bits per heavy atom. The van der Waals surface area contributed by atoms with Crippen molar-refractivity contribution < 1.29 is 9.53 Å². The fourth-order valence-corrected chi connectivity index (χ4v) is 5.24. The summed E-state index contributed by atoms with van der Waals surface area (Å²) in [6, 6.07) is 7.77. The van der Waals surface area contributed by atoms with Crippen molar-refractivity contribution in [2.75, 3.05) is 6.61 Å². The number of nitrogens with zero attached hydrogens (tertiary/aromatic N) is 1. The molecule has 8 heteroatoms. The second kappa shape index (κ2) is 8.20. The van der Waals surface area contributed by atoms with Crippen LogP contribution in [0.25, 0.3) is 10.2 Å². The molecule has 6 nitrogen and oxygen atoms in total. The van der Waals surface area contributed by atoms with Crippen LogP contribution >= 0.6 is 23.1 Å². The SMILES string of the molecule is Cc1sc2nc(CSC(C)C(=O)NC3CCOc4ccccc43)[nH]c(=O)c2c1C. The number of para-hydroxylation sites is 1. The Kier molecular flexibility index (Phi) is 5.65. The van der Waals surface area contributed by atoms with E-state index in [4.69, 9.17) is 4.74 Å². The van der Waals surface area contributed by atoms with E-state index >= 15 is 0 Å². The summed E-state index contributed by atoms with van der Waals surface area (Å²) in [5.74, 6) is 1.88. The molecule has 2 atom stereocenters. The maximum absolute atomic E-state index is 12.7. The summed E-state index contributed by atoms with van der Waals surface area (Å²) >= 11 is 3.00. The molecular weight excluding hydrogens is 406 g/mol. The number of H-pyrrole nitrogens is 1. The first-order valence-corrected chi connectivity index (χ1v) is 11.4. The van der Waals surface area contributed by atoms with Crippen LogP contribution in [0.4, 0.5) is 0 Å². The van der Waals surface area contributed by atoms with E-state index in [1.807, 2.05) is 45.0 Å². The van der Waals surface area contributed by atoms with Gasteiger partial charge in [-0.05, 0) is 32.4 Å². The number of nitrogens with one attached hydrogen (secondary N) is 2. The molecule has 0 saturated heterocycles. The molecule has 29 heavy (non-hydrogen) atoms. The van der Waals surface area contributed by atoms with Crippen LogP contribution in [0.15, 0.2) is 29.1 Å². The predicted octanol–water partition coefficient (Wildman–Crippen LogP) is 3.86. The van der Waals surface area contributed by atoms with Crippen molar-refractivity contribution in [2.24, 2.45) is 0 Å². The number of aromatic amines is 1. The topological polar surface area (TPSA) is 84.1 Å². The predicted molar refractivity (Wildman–Crippen MR) is 118 cm³/mol. The van der Waals surface area contributed by atoms with Crippen LogP contribution in [-0.4, -0.2) is 27.7 Å². The quantitative estimate of drug-likeness (QED) is 0.643. The van der Waals surface area contributed by atoms with Crippen LogP contribution in [0.2, 0.25) is 0 Å². The Morgan fingerprint density at radius 1 is 1.41 bits per heavy atom. The van der Waals surface area contributed by atoms with Gasteiger partial charge in [-0.1, -0.05) is 18.2 Å². The molecule has 152 valence electrons. The number of carbonyl (C=O) groups is 1. The lowest BCUT2D eigenvalue weighted by atomic mass is 10.0. The van der Waals surface area contributed by atoms with E-state index in [1.54, 1.807) is 0 Å². The van der Waals surface area contributed by atoms with E-state index < -0.39 is 0 Å². The molecule has 0 saturated carbocycles. The lowest BCUT2D eigenvalue weighted by Crippen LogP contribution is -2.36. The number of aryl methyl sites for hydroxylation is 2. The molecule has 3 aromatic rings. The van der Waals surface area contributed by atoms with Gasteiger partial charge in [-0.2, -0.15) is 0 Å². The van der Waals surface area contributed by atoms with Gasteiger partial charge in [0.1, 0.15) is 16.4 Å². The molecule has 0 bridgehead atoms. The molecule has 1 aromatic carbocycles.